The van der Waals surface area contributed by atoms with Gasteiger partial charge in [-0.1, -0.05) is 26.8 Å². The van der Waals surface area contributed by atoms with Crippen molar-refractivity contribution in [2.24, 2.45) is 5.41 Å². The summed E-state index contributed by atoms with van der Waals surface area (Å²) < 4.78 is 0. The number of H-pyrrole nitrogens is 1. The van der Waals surface area contributed by atoms with Crippen molar-refractivity contribution in [1.82, 2.24) is 25.3 Å². The highest BCUT2D eigenvalue weighted by Crippen LogP contribution is 2.29. The number of fused-ring (bicyclic) bond motifs is 1. The van der Waals surface area contributed by atoms with Gasteiger partial charge in [-0.25, -0.2) is 9.97 Å². The molecule has 8 heteroatoms. The summed E-state index contributed by atoms with van der Waals surface area (Å²) in [5.74, 6) is -0.115. The minimum Gasteiger partial charge on any atom is -0.349 e. The van der Waals surface area contributed by atoms with Crippen molar-refractivity contribution in [2.45, 2.75) is 46.6 Å². The molecule has 0 radical (unpaired) electrons. The molecule has 1 atom stereocenters. The Morgan fingerprint density at radius 1 is 1.15 bits per heavy atom. The number of rotatable bonds is 7. The van der Waals surface area contributed by atoms with E-state index >= 15 is 0 Å². The van der Waals surface area contributed by atoms with E-state index in [2.05, 4.69) is 41.0 Å². The van der Waals surface area contributed by atoms with E-state index in [4.69, 9.17) is 4.98 Å². The number of hydrogen-bond donors (Lipinski definition) is 2. The third-order valence-corrected chi connectivity index (χ3v) is 6.89. The Hall–Kier alpha value is -3.39. The van der Waals surface area contributed by atoms with Crippen molar-refractivity contribution in [3.63, 3.8) is 0 Å². The predicted octanol–water partition coefficient (Wildman–Crippen LogP) is 5.06. The monoisotopic (exact) mass is 461 g/mol. The first kappa shape index (κ1) is 22.8. The number of aromatic nitrogens is 4. The second kappa shape index (κ2) is 9.23. The molecule has 0 bridgehead atoms. The van der Waals surface area contributed by atoms with Gasteiger partial charge in [-0.05, 0) is 43.0 Å². The SMILES string of the molecule is C[C@H](NC(=O)c1c[nH]c2ncc(-c3ccc(C(=O)CCc4ccccn4)s3)nc12)C(C)(C)C. The van der Waals surface area contributed by atoms with Gasteiger partial charge in [-0.15, -0.1) is 11.3 Å². The van der Waals surface area contributed by atoms with E-state index in [0.717, 1.165) is 10.6 Å². The van der Waals surface area contributed by atoms with Crippen LogP contribution in [0.2, 0.25) is 0 Å². The molecule has 0 saturated heterocycles. The average Bonchev–Trinajstić information content (AvgIpc) is 3.44. The van der Waals surface area contributed by atoms with Crippen molar-refractivity contribution in [1.29, 1.82) is 0 Å². The number of carbonyl (C=O) groups is 2. The molecule has 0 aliphatic carbocycles. The van der Waals surface area contributed by atoms with Gasteiger partial charge in [0.25, 0.3) is 5.91 Å². The zero-order valence-electron chi connectivity index (χ0n) is 19.2. The topological polar surface area (TPSA) is 101 Å². The van der Waals surface area contributed by atoms with Gasteiger partial charge < -0.3 is 10.3 Å². The number of carbonyl (C=O) groups excluding carboxylic acids is 2. The molecule has 2 N–H and O–H groups in total. The molecule has 170 valence electrons. The molecule has 0 saturated carbocycles. The Balaban J connectivity index is 1.52. The zero-order chi connectivity index (χ0) is 23.6. The molecule has 0 aromatic carbocycles. The van der Waals surface area contributed by atoms with Gasteiger partial charge in [0.15, 0.2) is 11.4 Å². The van der Waals surface area contributed by atoms with Crippen LogP contribution in [0.5, 0.6) is 0 Å². The molecule has 7 nitrogen and oxygen atoms in total. The Kier molecular flexibility index (Phi) is 6.37. The van der Waals surface area contributed by atoms with Gasteiger partial charge in [-0.3, -0.25) is 14.6 Å². The maximum atomic E-state index is 12.9. The number of pyridine rings is 1. The van der Waals surface area contributed by atoms with E-state index in [9.17, 15) is 9.59 Å². The Morgan fingerprint density at radius 2 is 1.97 bits per heavy atom. The molecule has 1 amide bonds. The fraction of sp³-hybridized carbons (Fsp3) is 0.320. The largest absolute Gasteiger partial charge is 0.349 e. The summed E-state index contributed by atoms with van der Waals surface area (Å²) in [6.07, 6.45) is 6.03. The predicted molar refractivity (Wildman–Crippen MR) is 130 cm³/mol. The first-order valence-electron chi connectivity index (χ1n) is 10.9. The van der Waals surface area contributed by atoms with Crippen molar-refractivity contribution in [3.05, 3.63) is 65.1 Å². The third-order valence-electron chi connectivity index (χ3n) is 5.74. The molecule has 33 heavy (non-hydrogen) atoms. The van der Waals surface area contributed by atoms with E-state index in [0.29, 0.717) is 40.1 Å². The lowest BCUT2D eigenvalue weighted by molar-refractivity contribution is 0.0911. The number of nitrogens with one attached hydrogen (secondary N) is 2. The van der Waals surface area contributed by atoms with Crippen LogP contribution in [0.25, 0.3) is 21.7 Å². The summed E-state index contributed by atoms with van der Waals surface area (Å²) in [4.78, 5) is 43.4. The quantitative estimate of drug-likeness (QED) is 0.375. The standard InChI is InChI=1S/C25H27N5O2S/c1-15(25(2,3)4)29-24(32)17-13-27-23-22(17)30-18(14-28-23)20-10-11-21(33-20)19(31)9-8-16-7-5-6-12-26-16/h5-7,10-15H,8-9H2,1-4H3,(H,27,28)(H,29,32)/t15-/m0/s1. The minimum atomic E-state index is -0.188. The van der Waals surface area contributed by atoms with Crippen LogP contribution in [0, 0.1) is 5.41 Å². The minimum absolute atomic E-state index is 0.0111. The zero-order valence-corrected chi connectivity index (χ0v) is 20.0. The summed E-state index contributed by atoms with van der Waals surface area (Å²) in [5.41, 5.74) is 3.00. The Bertz CT molecular complexity index is 1290. The van der Waals surface area contributed by atoms with Crippen LogP contribution in [-0.4, -0.2) is 37.7 Å². The van der Waals surface area contributed by atoms with Crippen LogP contribution in [0.4, 0.5) is 0 Å². The van der Waals surface area contributed by atoms with Gasteiger partial charge in [0.1, 0.15) is 5.52 Å². The third kappa shape index (κ3) is 5.17. The maximum Gasteiger partial charge on any atom is 0.255 e. The number of aryl methyl sites for hydroxylation is 1. The van der Waals surface area contributed by atoms with E-state index in [-0.39, 0.29) is 23.1 Å². The van der Waals surface area contributed by atoms with Gasteiger partial charge in [0.05, 0.1) is 27.2 Å². The highest BCUT2D eigenvalue weighted by Gasteiger charge is 2.24. The molecular formula is C25H27N5O2S. The fourth-order valence-electron chi connectivity index (χ4n) is 3.21. The van der Waals surface area contributed by atoms with Crippen LogP contribution in [0.15, 0.2) is 48.9 Å². The molecule has 4 aromatic rings. The molecule has 0 aliphatic heterocycles. The van der Waals surface area contributed by atoms with Gasteiger partial charge in [0.2, 0.25) is 0 Å². The summed E-state index contributed by atoms with van der Waals surface area (Å²) in [6.45, 7) is 8.23. The van der Waals surface area contributed by atoms with Crippen molar-refractivity contribution in [3.8, 4) is 10.6 Å². The van der Waals surface area contributed by atoms with Gasteiger partial charge >= 0.3 is 0 Å². The number of amides is 1. The lowest BCUT2D eigenvalue weighted by atomic mass is 9.88. The van der Waals surface area contributed by atoms with E-state index < -0.39 is 0 Å². The first-order chi connectivity index (χ1) is 15.7. The van der Waals surface area contributed by atoms with Crippen LogP contribution >= 0.6 is 11.3 Å². The van der Waals surface area contributed by atoms with Crippen molar-refractivity contribution < 1.29 is 9.59 Å². The number of thiophene rings is 1. The lowest BCUT2D eigenvalue weighted by Crippen LogP contribution is -2.41. The number of Topliss-reactive ketones (excluding diaryl/α,β-unsaturated/α-hetero) is 1. The molecule has 4 aromatic heterocycles. The van der Waals surface area contributed by atoms with Crippen LogP contribution in [-0.2, 0) is 6.42 Å². The second-order valence-electron chi connectivity index (χ2n) is 9.12. The van der Waals surface area contributed by atoms with Gasteiger partial charge in [0, 0.05) is 30.6 Å². The maximum absolute atomic E-state index is 12.9. The van der Waals surface area contributed by atoms with Crippen LogP contribution in [0.1, 0.15) is 59.8 Å². The normalized spacial score (nSPS) is 12.6. The number of ketones is 1. The summed E-state index contributed by atoms with van der Waals surface area (Å²) in [5, 5.41) is 3.05. The fourth-order valence-corrected chi connectivity index (χ4v) is 4.14. The molecule has 0 spiro atoms. The average molecular weight is 462 g/mol. The van der Waals surface area contributed by atoms with Crippen LogP contribution in [0.3, 0.4) is 0 Å². The van der Waals surface area contributed by atoms with E-state index in [1.54, 1.807) is 18.6 Å². The van der Waals surface area contributed by atoms with Crippen molar-refractivity contribution >= 4 is 34.2 Å². The molecule has 4 heterocycles. The number of hydrogen-bond acceptors (Lipinski definition) is 6. The van der Waals surface area contributed by atoms with E-state index in [1.807, 2.05) is 37.3 Å². The molecule has 0 fully saturated rings. The van der Waals surface area contributed by atoms with Crippen LogP contribution < -0.4 is 5.32 Å². The lowest BCUT2D eigenvalue weighted by Gasteiger charge is -2.27. The molecule has 0 aliphatic rings. The molecule has 0 unspecified atom stereocenters. The molecular weight excluding hydrogens is 434 g/mol. The molecule has 4 rings (SSSR count). The highest BCUT2D eigenvalue weighted by atomic mass is 32.1. The first-order valence-corrected chi connectivity index (χ1v) is 11.7. The Labute approximate surface area is 196 Å². The summed E-state index contributed by atoms with van der Waals surface area (Å²) in [6, 6.07) is 9.39. The number of nitrogens with zero attached hydrogens (tertiary/aromatic N) is 3. The number of aromatic amines is 1. The second-order valence-corrected chi connectivity index (χ2v) is 10.2. The highest BCUT2D eigenvalue weighted by molar-refractivity contribution is 7.17. The Morgan fingerprint density at radius 3 is 2.70 bits per heavy atom. The summed E-state index contributed by atoms with van der Waals surface area (Å²) >= 11 is 1.39. The smallest absolute Gasteiger partial charge is 0.255 e. The van der Waals surface area contributed by atoms with E-state index in [1.165, 1.54) is 11.3 Å². The summed E-state index contributed by atoms with van der Waals surface area (Å²) in [7, 11) is 0. The van der Waals surface area contributed by atoms with Crippen molar-refractivity contribution in [2.75, 3.05) is 0 Å². The van der Waals surface area contributed by atoms with Gasteiger partial charge in [-0.2, -0.15) is 0 Å².